The average molecular weight is 326 g/mol. The van der Waals surface area contributed by atoms with Gasteiger partial charge in [-0.15, -0.1) is 11.3 Å². The number of aryl methyl sites for hydroxylation is 2. The van der Waals surface area contributed by atoms with Crippen molar-refractivity contribution in [2.45, 2.75) is 25.1 Å². The molecule has 1 unspecified atom stereocenters. The van der Waals surface area contributed by atoms with Crippen molar-refractivity contribution in [1.29, 1.82) is 0 Å². The molecule has 0 aliphatic heterocycles. The fourth-order valence-corrected chi connectivity index (χ4v) is 3.83. The molecule has 1 aromatic heterocycles. The zero-order valence-electron chi connectivity index (χ0n) is 10.7. The van der Waals surface area contributed by atoms with E-state index in [4.69, 9.17) is 4.74 Å². The molecular formula is C14H16BrNOS. The van der Waals surface area contributed by atoms with Crippen LogP contribution in [0.25, 0.3) is 0 Å². The minimum absolute atomic E-state index is 0.316. The Morgan fingerprint density at radius 3 is 2.78 bits per heavy atom. The van der Waals surface area contributed by atoms with E-state index >= 15 is 0 Å². The van der Waals surface area contributed by atoms with Crippen molar-refractivity contribution in [1.82, 2.24) is 4.98 Å². The number of thiazole rings is 1. The van der Waals surface area contributed by atoms with Crippen molar-refractivity contribution in [3.05, 3.63) is 45.4 Å². The van der Waals surface area contributed by atoms with Crippen LogP contribution in [-0.4, -0.2) is 12.1 Å². The lowest BCUT2D eigenvalue weighted by molar-refractivity contribution is 0.414. The number of rotatable bonds is 4. The van der Waals surface area contributed by atoms with Gasteiger partial charge in [0.25, 0.3) is 0 Å². The van der Waals surface area contributed by atoms with Gasteiger partial charge in [-0.25, -0.2) is 4.98 Å². The van der Waals surface area contributed by atoms with Gasteiger partial charge in [-0.2, -0.15) is 0 Å². The number of benzene rings is 1. The average Bonchev–Trinajstić information content (AvgIpc) is 2.69. The van der Waals surface area contributed by atoms with Crippen LogP contribution in [0.4, 0.5) is 0 Å². The van der Waals surface area contributed by atoms with Crippen LogP contribution in [0.1, 0.15) is 26.0 Å². The van der Waals surface area contributed by atoms with Crippen molar-refractivity contribution in [2.75, 3.05) is 7.11 Å². The van der Waals surface area contributed by atoms with Gasteiger partial charge in [0.15, 0.2) is 0 Å². The molecule has 0 bridgehead atoms. The summed E-state index contributed by atoms with van der Waals surface area (Å²) in [6.45, 7) is 4.12. The summed E-state index contributed by atoms with van der Waals surface area (Å²) in [5, 5.41) is 1.12. The molecule has 0 saturated heterocycles. The van der Waals surface area contributed by atoms with E-state index in [2.05, 4.69) is 40.0 Å². The molecule has 1 atom stereocenters. The highest BCUT2D eigenvalue weighted by Gasteiger charge is 2.15. The molecule has 0 aliphatic carbocycles. The van der Waals surface area contributed by atoms with Gasteiger partial charge in [0.1, 0.15) is 5.75 Å². The van der Waals surface area contributed by atoms with E-state index in [-0.39, 0.29) is 0 Å². The Labute approximate surface area is 120 Å². The summed E-state index contributed by atoms with van der Waals surface area (Å²) >= 11 is 5.53. The van der Waals surface area contributed by atoms with Gasteiger partial charge < -0.3 is 4.74 Å². The molecule has 0 N–H and O–H groups in total. The molecule has 0 radical (unpaired) electrons. The smallest absolute Gasteiger partial charge is 0.119 e. The molecule has 0 aliphatic rings. The maximum Gasteiger partial charge on any atom is 0.119 e. The number of ether oxygens (including phenoxy) is 1. The first-order valence-electron chi connectivity index (χ1n) is 5.81. The molecule has 0 saturated carbocycles. The van der Waals surface area contributed by atoms with E-state index in [9.17, 15) is 0 Å². The summed E-state index contributed by atoms with van der Waals surface area (Å²) in [7, 11) is 1.70. The standard InChI is InChI=1S/C14H16BrNOS/c1-9-14(18-10(2)16-9)13(15)8-11-5-4-6-12(7-11)17-3/h4-7,13H,8H2,1-3H3. The summed E-state index contributed by atoms with van der Waals surface area (Å²) in [4.78, 5) is 6.10. The normalized spacial score (nSPS) is 12.4. The first kappa shape index (κ1) is 13.6. The predicted octanol–water partition coefficient (Wildman–Crippen LogP) is 4.45. The number of methoxy groups -OCH3 is 1. The Morgan fingerprint density at radius 1 is 1.39 bits per heavy atom. The number of hydrogen-bond donors (Lipinski definition) is 0. The Balaban J connectivity index is 2.15. The number of aromatic nitrogens is 1. The monoisotopic (exact) mass is 325 g/mol. The predicted molar refractivity (Wildman–Crippen MR) is 80.0 cm³/mol. The number of alkyl halides is 1. The second kappa shape index (κ2) is 5.85. The van der Waals surface area contributed by atoms with Crippen LogP contribution in [0.3, 0.4) is 0 Å². The SMILES string of the molecule is COc1cccc(CC(Br)c2sc(C)nc2C)c1. The van der Waals surface area contributed by atoms with Gasteiger partial charge in [-0.3, -0.25) is 0 Å². The molecule has 2 rings (SSSR count). The lowest BCUT2D eigenvalue weighted by Gasteiger charge is -2.09. The fraction of sp³-hybridized carbons (Fsp3) is 0.357. The largest absolute Gasteiger partial charge is 0.497 e. The molecule has 1 aromatic carbocycles. The summed E-state index contributed by atoms with van der Waals surface area (Å²) in [5.41, 5.74) is 2.39. The molecule has 96 valence electrons. The summed E-state index contributed by atoms with van der Waals surface area (Å²) in [5.74, 6) is 0.907. The number of halogens is 1. The van der Waals surface area contributed by atoms with E-state index in [0.717, 1.165) is 22.9 Å². The van der Waals surface area contributed by atoms with Crippen molar-refractivity contribution in [3.63, 3.8) is 0 Å². The summed E-state index contributed by atoms with van der Waals surface area (Å²) in [6, 6.07) is 8.20. The quantitative estimate of drug-likeness (QED) is 0.775. The van der Waals surface area contributed by atoms with E-state index in [0.29, 0.717) is 4.83 Å². The van der Waals surface area contributed by atoms with E-state index < -0.39 is 0 Å². The van der Waals surface area contributed by atoms with E-state index in [1.165, 1.54) is 10.4 Å². The van der Waals surface area contributed by atoms with Crippen LogP contribution in [0.2, 0.25) is 0 Å². The van der Waals surface area contributed by atoms with Crippen molar-refractivity contribution < 1.29 is 4.74 Å². The van der Waals surface area contributed by atoms with Crippen LogP contribution in [-0.2, 0) is 6.42 Å². The Bertz CT molecular complexity index is 538. The lowest BCUT2D eigenvalue weighted by Crippen LogP contribution is -1.95. The third-order valence-corrected chi connectivity index (χ3v) is 5.04. The molecule has 0 amide bonds. The second-order valence-corrected chi connectivity index (χ2v) is 6.55. The molecule has 0 spiro atoms. The van der Waals surface area contributed by atoms with Crippen molar-refractivity contribution in [2.24, 2.45) is 0 Å². The van der Waals surface area contributed by atoms with Crippen LogP contribution in [0, 0.1) is 13.8 Å². The third kappa shape index (κ3) is 3.12. The molecule has 4 heteroatoms. The highest BCUT2D eigenvalue weighted by Crippen LogP contribution is 2.34. The van der Waals surface area contributed by atoms with Crippen LogP contribution < -0.4 is 4.74 Å². The molecule has 18 heavy (non-hydrogen) atoms. The fourth-order valence-electron chi connectivity index (χ4n) is 1.94. The molecular weight excluding hydrogens is 310 g/mol. The molecule has 0 fully saturated rings. The Kier molecular flexibility index (Phi) is 4.40. The van der Waals surface area contributed by atoms with E-state index in [1.54, 1.807) is 18.4 Å². The van der Waals surface area contributed by atoms with Gasteiger partial charge >= 0.3 is 0 Å². The first-order chi connectivity index (χ1) is 8.60. The van der Waals surface area contributed by atoms with Crippen LogP contribution in [0.5, 0.6) is 5.75 Å². The summed E-state index contributed by atoms with van der Waals surface area (Å²) < 4.78 is 5.24. The third-order valence-electron chi connectivity index (χ3n) is 2.77. The lowest BCUT2D eigenvalue weighted by atomic mass is 10.1. The number of hydrogen-bond acceptors (Lipinski definition) is 3. The van der Waals surface area contributed by atoms with Crippen LogP contribution in [0.15, 0.2) is 24.3 Å². The maximum absolute atomic E-state index is 5.24. The Hall–Kier alpha value is -0.870. The highest BCUT2D eigenvalue weighted by molar-refractivity contribution is 9.09. The van der Waals surface area contributed by atoms with Gasteiger partial charge in [0.2, 0.25) is 0 Å². The zero-order chi connectivity index (χ0) is 13.1. The number of nitrogens with zero attached hydrogens (tertiary/aromatic N) is 1. The maximum atomic E-state index is 5.24. The molecule has 1 heterocycles. The van der Waals surface area contributed by atoms with Gasteiger partial charge in [0, 0.05) is 4.88 Å². The highest BCUT2D eigenvalue weighted by atomic mass is 79.9. The Morgan fingerprint density at radius 2 is 2.17 bits per heavy atom. The second-order valence-electron chi connectivity index (χ2n) is 4.21. The minimum Gasteiger partial charge on any atom is -0.497 e. The minimum atomic E-state index is 0.316. The van der Waals surface area contributed by atoms with Crippen molar-refractivity contribution in [3.8, 4) is 5.75 Å². The van der Waals surface area contributed by atoms with Gasteiger partial charge in [-0.05, 0) is 38.0 Å². The van der Waals surface area contributed by atoms with Crippen molar-refractivity contribution >= 4 is 27.3 Å². The van der Waals surface area contributed by atoms with Crippen LogP contribution >= 0.6 is 27.3 Å². The summed E-state index contributed by atoms with van der Waals surface area (Å²) in [6.07, 6.45) is 0.944. The van der Waals surface area contributed by atoms with Gasteiger partial charge in [-0.1, -0.05) is 28.1 Å². The first-order valence-corrected chi connectivity index (χ1v) is 7.54. The molecule has 2 nitrogen and oxygen atoms in total. The van der Waals surface area contributed by atoms with Gasteiger partial charge in [0.05, 0.1) is 22.6 Å². The van der Waals surface area contributed by atoms with E-state index in [1.807, 2.05) is 19.1 Å². The molecule has 2 aromatic rings. The zero-order valence-corrected chi connectivity index (χ0v) is 13.1. The topological polar surface area (TPSA) is 22.1 Å².